The zero-order chi connectivity index (χ0) is 16.6. The van der Waals surface area contributed by atoms with Crippen LogP contribution in [0.4, 0.5) is 0 Å². The predicted octanol–water partition coefficient (Wildman–Crippen LogP) is 4.78. The van der Waals surface area contributed by atoms with E-state index in [1.807, 2.05) is 30.3 Å². The minimum Gasteiger partial charge on any atom is -0.497 e. The summed E-state index contributed by atoms with van der Waals surface area (Å²) >= 11 is 0. The molecule has 3 rings (SSSR count). The number of ether oxygens (including phenoxy) is 3. The van der Waals surface area contributed by atoms with E-state index in [1.165, 1.54) is 6.42 Å². The highest BCUT2D eigenvalue weighted by Crippen LogP contribution is 2.23. The van der Waals surface area contributed by atoms with Gasteiger partial charge in [-0.05, 0) is 54.2 Å². The third-order valence-electron chi connectivity index (χ3n) is 4.16. The van der Waals surface area contributed by atoms with Crippen molar-refractivity contribution in [3.63, 3.8) is 0 Å². The van der Waals surface area contributed by atoms with Crippen molar-refractivity contribution in [1.82, 2.24) is 0 Å². The van der Waals surface area contributed by atoms with Gasteiger partial charge in [-0.3, -0.25) is 0 Å². The van der Waals surface area contributed by atoms with Crippen molar-refractivity contribution >= 4 is 11.6 Å². The van der Waals surface area contributed by atoms with Gasteiger partial charge in [0, 0.05) is 6.61 Å². The average Bonchev–Trinajstić information content (AvgIpc) is 2.67. The summed E-state index contributed by atoms with van der Waals surface area (Å²) in [4.78, 5) is 0. The van der Waals surface area contributed by atoms with E-state index in [2.05, 4.69) is 30.3 Å². The van der Waals surface area contributed by atoms with Gasteiger partial charge in [-0.25, -0.2) is 0 Å². The summed E-state index contributed by atoms with van der Waals surface area (Å²) in [5.41, 5.74) is 3.44. The summed E-state index contributed by atoms with van der Waals surface area (Å²) in [6, 6.07) is 18.4. The maximum absolute atomic E-state index is 6.01. The van der Waals surface area contributed by atoms with Crippen LogP contribution in [0.3, 0.4) is 0 Å². The molecule has 1 fully saturated rings. The molecule has 2 aromatic rings. The Hall–Kier alpha value is -2.10. The van der Waals surface area contributed by atoms with E-state index in [0.29, 0.717) is 6.61 Å². The van der Waals surface area contributed by atoms with Crippen LogP contribution in [-0.2, 0) is 9.47 Å². The van der Waals surface area contributed by atoms with Gasteiger partial charge in [-0.1, -0.05) is 42.5 Å². The zero-order valence-corrected chi connectivity index (χ0v) is 14.1. The average molecular weight is 324 g/mol. The topological polar surface area (TPSA) is 27.7 Å². The van der Waals surface area contributed by atoms with Gasteiger partial charge in [0.2, 0.25) is 0 Å². The maximum atomic E-state index is 6.01. The van der Waals surface area contributed by atoms with Crippen molar-refractivity contribution in [2.75, 3.05) is 20.3 Å². The molecule has 0 amide bonds. The highest BCUT2D eigenvalue weighted by molar-refractivity contribution is 5.82. The normalized spacial score (nSPS) is 18.4. The van der Waals surface area contributed by atoms with Crippen LogP contribution in [0.25, 0.3) is 11.6 Å². The van der Waals surface area contributed by atoms with Gasteiger partial charge in [0.1, 0.15) is 5.75 Å². The third kappa shape index (κ3) is 4.70. The first kappa shape index (κ1) is 16.7. The predicted molar refractivity (Wildman–Crippen MR) is 96.9 cm³/mol. The van der Waals surface area contributed by atoms with E-state index in [4.69, 9.17) is 14.2 Å². The van der Waals surface area contributed by atoms with E-state index in [9.17, 15) is 0 Å². The minimum atomic E-state index is -0.0869. The second-order valence-electron chi connectivity index (χ2n) is 5.92. The molecule has 3 heteroatoms. The Morgan fingerprint density at radius 3 is 2.54 bits per heavy atom. The molecule has 3 nitrogen and oxygen atoms in total. The minimum absolute atomic E-state index is 0.0869. The lowest BCUT2D eigenvalue weighted by molar-refractivity contribution is -0.154. The van der Waals surface area contributed by atoms with Gasteiger partial charge >= 0.3 is 0 Å². The van der Waals surface area contributed by atoms with Gasteiger partial charge in [0.15, 0.2) is 6.29 Å². The van der Waals surface area contributed by atoms with E-state index < -0.39 is 0 Å². The molecule has 126 valence electrons. The molecule has 1 atom stereocenters. The first-order valence-corrected chi connectivity index (χ1v) is 8.48. The van der Waals surface area contributed by atoms with Crippen LogP contribution in [0.1, 0.15) is 30.4 Å². The molecule has 0 saturated carbocycles. The highest BCUT2D eigenvalue weighted by atomic mass is 16.7. The molecule has 0 aliphatic carbocycles. The first-order chi connectivity index (χ1) is 11.8. The monoisotopic (exact) mass is 324 g/mol. The summed E-state index contributed by atoms with van der Waals surface area (Å²) < 4.78 is 16.9. The van der Waals surface area contributed by atoms with Crippen LogP contribution in [0.2, 0.25) is 0 Å². The summed E-state index contributed by atoms with van der Waals surface area (Å²) in [6.45, 7) is 1.33. The molecule has 0 spiro atoms. The van der Waals surface area contributed by atoms with Crippen LogP contribution >= 0.6 is 0 Å². The third-order valence-corrected chi connectivity index (χ3v) is 4.16. The number of benzene rings is 2. The van der Waals surface area contributed by atoms with Crippen molar-refractivity contribution in [1.29, 1.82) is 0 Å². The Morgan fingerprint density at radius 1 is 1.08 bits per heavy atom. The Kier molecular flexibility index (Phi) is 6.05. The fraction of sp³-hybridized carbons (Fsp3) is 0.333. The van der Waals surface area contributed by atoms with E-state index in [-0.39, 0.29) is 6.29 Å². The Morgan fingerprint density at radius 2 is 1.88 bits per heavy atom. The van der Waals surface area contributed by atoms with Gasteiger partial charge in [0.05, 0.1) is 13.7 Å². The van der Waals surface area contributed by atoms with Crippen molar-refractivity contribution in [2.45, 2.75) is 25.6 Å². The van der Waals surface area contributed by atoms with Gasteiger partial charge < -0.3 is 14.2 Å². The number of methoxy groups -OCH3 is 1. The van der Waals surface area contributed by atoms with Crippen LogP contribution in [-0.4, -0.2) is 26.6 Å². The largest absolute Gasteiger partial charge is 0.497 e. The Balaban J connectivity index is 1.78. The molecular formula is C21H24O3. The molecular weight excluding hydrogens is 300 g/mol. The van der Waals surface area contributed by atoms with Gasteiger partial charge in [0.25, 0.3) is 0 Å². The SMILES string of the molecule is COc1ccc(/C(=C/c2ccccc2)COC2CCCCO2)cc1. The second-order valence-corrected chi connectivity index (χ2v) is 5.92. The van der Waals surface area contributed by atoms with Crippen molar-refractivity contribution in [2.24, 2.45) is 0 Å². The molecule has 1 saturated heterocycles. The number of rotatable bonds is 6. The van der Waals surface area contributed by atoms with Crippen LogP contribution < -0.4 is 4.74 Å². The van der Waals surface area contributed by atoms with Crippen LogP contribution in [0.5, 0.6) is 5.75 Å². The van der Waals surface area contributed by atoms with Gasteiger partial charge in [-0.2, -0.15) is 0 Å². The van der Waals surface area contributed by atoms with Crippen molar-refractivity contribution in [3.05, 3.63) is 65.7 Å². The molecule has 2 aromatic carbocycles. The standard InChI is InChI=1S/C21H24O3/c1-22-20-12-10-18(11-13-20)19(15-17-7-3-2-4-8-17)16-24-21-9-5-6-14-23-21/h2-4,7-8,10-13,15,21H,5-6,9,14,16H2,1H3/b19-15+. The molecule has 1 aliphatic heterocycles. The summed E-state index contributed by atoms with van der Waals surface area (Å²) in [5, 5.41) is 0. The fourth-order valence-corrected chi connectivity index (χ4v) is 2.79. The molecule has 0 bridgehead atoms. The molecule has 24 heavy (non-hydrogen) atoms. The summed E-state index contributed by atoms with van der Waals surface area (Å²) in [7, 11) is 1.68. The summed E-state index contributed by atoms with van der Waals surface area (Å²) in [6.07, 6.45) is 5.36. The van der Waals surface area contributed by atoms with Crippen molar-refractivity contribution < 1.29 is 14.2 Å². The second kappa shape index (κ2) is 8.67. The quantitative estimate of drug-likeness (QED) is 0.716. The van der Waals surface area contributed by atoms with Crippen molar-refractivity contribution in [3.8, 4) is 5.75 Å². The van der Waals surface area contributed by atoms with Gasteiger partial charge in [-0.15, -0.1) is 0 Å². The van der Waals surface area contributed by atoms with Crippen LogP contribution in [0, 0.1) is 0 Å². The Labute approximate surface area is 143 Å². The molecule has 1 heterocycles. The summed E-state index contributed by atoms with van der Waals surface area (Å²) in [5.74, 6) is 0.856. The first-order valence-electron chi connectivity index (χ1n) is 8.48. The fourth-order valence-electron chi connectivity index (χ4n) is 2.79. The lowest BCUT2D eigenvalue weighted by atomic mass is 10.0. The van der Waals surface area contributed by atoms with Crippen LogP contribution in [0.15, 0.2) is 54.6 Å². The smallest absolute Gasteiger partial charge is 0.158 e. The molecule has 1 aliphatic rings. The number of hydrogen-bond donors (Lipinski definition) is 0. The Bertz CT molecular complexity index is 641. The van der Waals surface area contributed by atoms with E-state index in [0.717, 1.165) is 41.9 Å². The maximum Gasteiger partial charge on any atom is 0.158 e. The molecule has 0 N–H and O–H groups in total. The lowest BCUT2D eigenvalue weighted by Crippen LogP contribution is -2.23. The zero-order valence-electron chi connectivity index (χ0n) is 14.1. The molecule has 1 unspecified atom stereocenters. The van der Waals surface area contributed by atoms with E-state index in [1.54, 1.807) is 7.11 Å². The highest BCUT2D eigenvalue weighted by Gasteiger charge is 2.15. The van der Waals surface area contributed by atoms with E-state index >= 15 is 0 Å². The number of hydrogen-bond acceptors (Lipinski definition) is 3. The lowest BCUT2D eigenvalue weighted by Gasteiger charge is -2.23. The molecule has 0 aromatic heterocycles. The molecule has 0 radical (unpaired) electrons.